The van der Waals surface area contributed by atoms with Crippen LogP contribution in [0.1, 0.15) is 29.5 Å². The number of hydrogen-bond acceptors (Lipinski definition) is 3. The summed E-state index contributed by atoms with van der Waals surface area (Å²) < 4.78 is 0. The highest BCUT2D eigenvalue weighted by molar-refractivity contribution is 5.95. The third-order valence-electron chi connectivity index (χ3n) is 5.74. The van der Waals surface area contributed by atoms with E-state index in [4.69, 9.17) is 0 Å². The van der Waals surface area contributed by atoms with E-state index in [-0.39, 0.29) is 11.8 Å². The zero-order valence-corrected chi connectivity index (χ0v) is 15.2. The minimum Gasteiger partial charge on any atom is -0.394 e. The van der Waals surface area contributed by atoms with Crippen molar-refractivity contribution < 1.29 is 14.7 Å². The normalized spacial score (nSPS) is 18.3. The van der Waals surface area contributed by atoms with Crippen molar-refractivity contribution in [2.24, 2.45) is 0 Å². The summed E-state index contributed by atoms with van der Waals surface area (Å²) in [6.45, 7) is 0.727. The van der Waals surface area contributed by atoms with Crippen LogP contribution in [0.15, 0.2) is 54.6 Å². The van der Waals surface area contributed by atoms with Gasteiger partial charge in [-0.3, -0.25) is 9.59 Å². The first-order valence-corrected chi connectivity index (χ1v) is 9.47. The van der Waals surface area contributed by atoms with Crippen molar-refractivity contribution in [1.29, 1.82) is 0 Å². The quantitative estimate of drug-likeness (QED) is 0.850. The minimum absolute atomic E-state index is 0.168. The molecule has 0 bridgehead atoms. The van der Waals surface area contributed by atoms with E-state index in [0.717, 1.165) is 30.4 Å². The Morgan fingerprint density at radius 3 is 2.37 bits per heavy atom. The zero-order chi connectivity index (χ0) is 18.9. The molecule has 1 heterocycles. The van der Waals surface area contributed by atoms with E-state index in [2.05, 4.69) is 11.4 Å². The number of hydrogen-bond donors (Lipinski definition) is 2. The average molecular weight is 364 g/mol. The van der Waals surface area contributed by atoms with Crippen LogP contribution in [0.3, 0.4) is 0 Å². The standard InChI is InChI=1S/C22H24N2O3/c25-15-19(20(26)24-13-10-16-6-4-5-7-17(16)14-24)23-21(27)22(11-12-22)18-8-2-1-3-9-18/h1-9,19,25H,10-15H2,(H,23,27)/t19-/m0/s1. The number of benzene rings is 2. The van der Waals surface area contributed by atoms with Crippen molar-refractivity contribution in [3.05, 3.63) is 71.3 Å². The summed E-state index contributed by atoms with van der Waals surface area (Å²) in [5.41, 5.74) is 2.80. The second-order valence-electron chi connectivity index (χ2n) is 7.44. The molecule has 140 valence electrons. The first-order chi connectivity index (χ1) is 13.1. The van der Waals surface area contributed by atoms with Gasteiger partial charge < -0.3 is 15.3 Å². The van der Waals surface area contributed by atoms with Gasteiger partial charge in [-0.1, -0.05) is 54.6 Å². The number of nitrogens with one attached hydrogen (secondary N) is 1. The van der Waals surface area contributed by atoms with Gasteiger partial charge in [-0.25, -0.2) is 0 Å². The molecule has 1 atom stereocenters. The van der Waals surface area contributed by atoms with Gasteiger partial charge in [0.25, 0.3) is 0 Å². The lowest BCUT2D eigenvalue weighted by Crippen LogP contribution is -2.53. The van der Waals surface area contributed by atoms with Gasteiger partial charge in [-0.05, 0) is 36.0 Å². The van der Waals surface area contributed by atoms with E-state index < -0.39 is 18.1 Å². The Balaban J connectivity index is 1.45. The lowest BCUT2D eigenvalue weighted by Gasteiger charge is -2.32. The summed E-state index contributed by atoms with van der Waals surface area (Å²) in [6.07, 6.45) is 2.33. The maximum atomic E-state index is 12.9. The number of nitrogens with zero attached hydrogens (tertiary/aromatic N) is 1. The molecule has 2 aromatic carbocycles. The second kappa shape index (κ2) is 7.16. The Labute approximate surface area is 159 Å². The fourth-order valence-electron chi connectivity index (χ4n) is 3.92. The van der Waals surface area contributed by atoms with E-state index in [1.807, 2.05) is 48.5 Å². The van der Waals surface area contributed by atoms with E-state index in [0.29, 0.717) is 13.1 Å². The molecule has 2 amide bonds. The third-order valence-corrected chi connectivity index (χ3v) is 5.74. The summed E-state index contributed by atoms with van der Waals surface area (Å²) in [6, 6.07) is 16.8. The van der Waals surface area contributed by atoms with Crippen LogP contribution in [0.25, 0.3) is 0 Å². The summed E-state index contributed by atoms with van der Waals surface area (Å²) in [4.78, 5) is 27.5. The molecular weight excluding hydrogens is 340 g/mol. The van der Waals surface area contributed by atoms with E-state index in [9.17, 15) is 14.7 Å². The van der Waals surface area contributed by atoms with Crippen molar-refractivity contribution in [2.45, 2.75) is 37.3 Å². The van der Waals surface area contributed by atoms with Crippen LogP contribution in [0.4, 0.5) is 0 Å². The van der Waals surface area contributed by atoms with Gasteiger partial charge in [0.15, 0.2) is 0 Å². The van der Waals surface area contributed by atoms with Gasteiger partial charge in [-0.15, -0.1) is 0 Å². The molecule has 2 aliphatic rings. The Morgan fingerprint density at radius 1 is 1.04 bits per heavy atom. The molecule has 5 heteroatoms. The average Bonchev–Trinajstić information content (AvgIpc) is 3.54. The predicted octanol–water partition coefficient (Wildman–Crippen LogP) is 1.78. The number of rotatable bonds is 5. The van der Waals surface area contributed by atoms with Crippen LogP contribution in [0, 0.1) is 0 Å². The summed E-state index contributed by atoms with van der Waals surface area (Å²) in [5.74, 6) is -0.386. The van der Waals surface area contributed by atoms with Crippen LogP contribution < -0.4 is 5.32 Å². The largest absolute Gasteiger partial charge is 0.394 e. The van der Waals surface area contributed by atoms with E-state index >= 15 is 0 Å². The molecule has 0 saturated heterocycles. The van der Waals surface area contributed by atoms with E-state index in [1.165, 1.54) is 5.56 Å². The molecule has 1 saturated carbocycles. The fraction of sp³-hybridized carbons (Fsp3) is 0.364. The first-order valence-electron chi connectivity index (χ1n) is 9.47. The fourth-order valence-corrected chi connectivity index (χ4v) is 3.92. The molecule has 0 aromatic heterocycles. The molecule has 1 fully saturated rings. The molecular formula is C22H24N2O3. The summed E-state index contributed by atoms with van der Waals surface area (Å²) in [7, 11) is 0. The SMILES string of the molecule is O=C([C@H](CO)NC(=O)C1(c2ccccc2)CC1)N1CCc2ccccc2C1. The van der Waals surface area contributed by atoms with Gasteiger partial charge in [0.05, 0.1) is 12.0 Å². The smallest absolute Gasteiger partial charge is 0.247 e. The lowest BCUT2D eigenvalue weighted by molar-refractivity contribution is -0.139. The van der Waals surface area contributed by atoms with Crippen LogP contribution in [0.2, 0.25) is 0 Å². The van der Waals surface area contributed by atoms with Crippen molar-refractivity contribution in [2.75, 3.05) is 13.2 Å². The van der Waals surface area contributed by atoms with Crippen LogP contribution in [-0.2, 0) is 28.0 Å². The maximum absolute atomic E-state index is 12.9. The highest BCUT2D eigenvalue weighted by atomic mass is 16.3. The monoisotopic (exact) mass is 364 g/mol. The van der Waals surface area contributed by atoms with Crippen molar-refractivity contribution in [3.63, 3.8) is 0 Å². The van der Waals surface area contributed by atoms with Gasteiger partial charge in [0.1, 0.15) is 6.04 Å². The highest BCUT2D eigenvalue weighted by Gasteiger charge is 2.52. The Hall–Kier alpha value is -2.66. The summed E-state index contributed by atoms with van der Waals surface area (Å²) >= 11 is 0. The molecule has 1 aliphatic carbocycles. The third kappa shape index (κ3) is 3.35. The Bertz CT molecular complexity index is 846. The van der Waals surface area contributed by atoms with E-state index in [1.54, 1.807) is 4.90 Å². The number of aliphatic hydroxyl groups is 1. The number of fused-ring (bicyclic) bond motifs is 1. The van der Waals surface area contributed by atoms with Crippen LogP contribution in [-0.4, -0.2) is 41.0 Å². The predicted molar refractivity (Wildman–Crippen MR) is 102 cm³/mol. The van der Waals surface area contributed by atoms with Gasteiger partial charge >= 0.3 is 0 Å². The molecule has 1 aliphatic heterocycles. The highest BCUT2D eigenvalue weighted by Crippen LogP contribution is 2.48. The molecule has 0 radical (unpaired) electrons. The van der Waals surface area contributed by atoms with Crippen LogP contribution in [0.5, 0.6) is 0 Å². The molecule has 27 heavy (non-hydrogen) atoms. The van der Waals surface area contributed by atoms with Crippen molar-refractivity contribution in [3.8, 4) is 0 Å². The number of carbonyl (C=O) groups excluding carboxylic acids is 2. The van der Waals surface area contributed by atoms with Gasteiger partial charge in [-0.2, -0.15) is 0 Å². The molecule has 0 spiro atoms. The first kappa shape index (κ1) is 17.7. The van der Waals surface area contributed by atoms with Crippen LogP contribution >= 0.6 is 0 Å². The molecule has 0 unspecified atom stereocenters. The Morgan fingerprint density at radius 2 is 1.70 bits per heavy atom. The maximum Gasteiger partial charge on any atom is 0.247 e. The van der Waals surface area contributed by atoms with Crippen molar-refractivity contribution in [1.82, 2.24) is 10.2 Å². The Kier molecular flexibility index (Phi) is 4.70. The van der Waals surface area contributed by atoms with Gasteiger partial charge in [0.2, 0.25) is 11.8 Å². The second-order valence-corrected chi connectivity index (χ2v) is 7.44. The zero-order valence-electron chi connectivity index (χ0n) is 15.2. The molecule has 2 N–H and O–H groups in total. The number of amides is 2. The summed E-state index contributed by atoms with van der Waals surface area (Å²) in [5, 5.41) is 12.6. The number of carbonyl (C=O) groups is 2. The molecule has 2 aromatic rings. The lowest BCUT2D eigenvalue weighted by atomic mass is 9.94. The van der Waals surface area contributed by atoms with Crippen molar-refractivity contribution >= 4 is 11.8 Å². The topological polar surface area (TPSA) is 69.6 Å². The number of aliphatic hydroxyl groups excluding tert-OH is 1. The molecule has 4 rings (SSSR count). The minimum atomic E-state index is -0.899. The van der Waals surface area contributed by atoms with Gasteiger partial charge in [0, 0.05) is 13.1 Å². The molecule has 5 nitrogen and oxygen atoms in total.